The third kappa shape index (κ3) is 2.06. The Morgan fingerprint density at radius 3 is 2.89 bits per heavy atom. The van der Waals surface area contributed by atoms with Gasteiger partial charge in [0.2, 0.25) is 0 Å². The van der Waals surface area contributed by atoms with Crippen molar-refractivity contribution in [3.05, 3.63) is 48.0 Å². The van der Waals surface area contributed by atoms with Crippen LogP contribution < -0.4 is 16.0 Å². The molecule has 0 atom stereocenters. The van der Waals surface area contributed by atoms with E-state index >= 15 is 0 Å². The Balaban J connectivity index is 2.09. The summed E-state index contributed by atoms with van der Waals surface area (Å²) in [5.74, 6) is 0. The molecule has 1 aliphatic heterocycles. The van der Waals surface area contributed by atoms with Gasteiger partial charge in [-0.15, -0.1) is 0 Å². The zero-order valence-electron chi connectivity index (χ0n) is 10.4. The average molecular weight is 250 g/mol. The molecule has 0 amide bonds. The third-order valence-corrected chi connectivity index (χ3v) is 3.25. The Hall–Kier alpha value is -2.67. The van der Waals surface area contributed by atoms with Gasteiger partial charge >= 0.3 is 0 Å². The number of nitrogen functional groups attached to an aromatic ring is 1. The summed E-state index contributed by atoms with van der Waals surface area (Å²) in [6.07, 6.45) is 0. The molecule has 0 fully saturated rings. The molecule has 1 aliphatic rings. The van der Waals surface area contributed by atoms with Crippen LogP contribution in [-0.2, 0) is 0 Å². The maximum absolute atomic E-state index is 9.03. The highest BCUT2D eigenvalue weighted by molar-refractivity contribution is 5.80. The van der Waals surface area contributed by atoms with Crippen LogP contribution in [0.4, 0.5) is 22.7 Å². The summed E-state index contributed by atoms with van der Waals surface area (Å²) in [7, 11) is 0. The lowest BCUT2D eigenvalue weighted by Crippen LogP contribution is -2.30. The van der Waals surface area contributed by atoms with Crippen LogP contribution in [0.1, 0.15) is 5.56 Å². The fraction of sp³-hybridized carbons (Fsp3) is 0.133. The number of hydrogen-bond donors (Lipinski definition) is 2. The van der Waals surface area contributed by atoms with Gasteiger partial charge in [0, 0.05) is 24.5 Å². The molecule has 0 radical (unpaired) electrons. The van der Waals surface area contributed by atoms with Crippen molar-refractivity contribution in [2.45, 2.75) is 0 Å². The third-order valence-electron chi connectivity index (χ3n) is 3.25. The molecule has 3 N–H and O–H groups in total. The second-order valence-electron chi connectivity index (χ2n) is 4.52. The van der Waals surface area contributed by atoms with E-state index in [1.807, 2.05) is 42.5 Å². The predicted molar refractivity (Wildman–Crippen MR) is 77.5 cm³/mol. The van der Waals surface area contributed by atoms with Crippen LogP contribution in [0.3, 0.4) is 0 Å². The van der Waals surface area contributed by atoms with Gasteiger partial charge in [-0.05, 0) is 36.4 Å². The molecule has 94 valence electrons. The number of benzene rings is 2. The van der Waals surface area contributed by atoms with E-state index < -0.39 is 0 Å². The number of nitrogens with two attached hydrogens (primary N) is 1. The molecule has 1 heterocycles. The van der Waals surface area contributed by atoms with Gasteiger partial charge in [-0.2, -0.15) is 5.26 Å². The van der Waals surface area contributed by atoms with E-state index in [0.717, 1.165) is 35.8 Å². The van der Waals surface area contributed by atoms with Crippen molar-refractivity contribution in [1.29, 1.82) is 5.26 Å². The summed E-state index contributed by atoms with van der Waals surface area (Å²) in [6.45, 7) is 1.72. The van der Waals surface area contributed by atoms with E-state index in [1.54, 1.807) is 0 Å². The van der Waals surface area contributed by atoms with E-state index in [2.05, 4.69) is 16.3 Å². The zero-order chi connectivity index (χ0) is 13.2. The second-order valence-corrected chi connectivity index (χ2v) is 4.52. The van der Waals surface area contributed by atoms with Crippen LogP contribution in [0.25, 0.3) is 0 Å². The van der Waals surface area contributed by atoms with Gasteiger partial charge < -0.3 is 16.0 Å². The summed E-state index contributed by atoms with van der Waals surface area (Å²) in [5, 5.41) is 12.4. The highest BCUT2D eigenvalue weighted by atomic mass is 15.2. The van der Waals surface area contributed by atoms with Crippen molar-refractivity contribution < 1.29 is 0 Å². The molecule has 0 saturated carbocycles. The molecule has 0 spiro atoms. The van der Waals surface area contributed by atoms with Gasteiger partial charge in [-0.3, -0.25) is 0 Å². The van der Waals surface area contributed by atoms with Gasteiger partial charge in [-0.25, -0.2) is 0 Å². The minimum Gasteiger partial charge on any atom is -0.399 e. The summed E-state index contributed by atoms with van der Waals surface area (Å²) in [4.78, 5) is 2.18. The van der Waals surface area contributed by atoms with Crippen molar-refractivity contribution in [1.82, 2.24) is 0 Å². The molecule has 3 rings (SSSR count). The first-order valence-corrected chi connectivity index (χ1v) is 6.19. The van der Waals surface area contributed by atoms with E-state index in [0.29, 0.717) is 5.56 Å². The minimum atomic E-state index is 0.663. The number of nitrogens with one attached hydrogen (secondary N) is 1. The Labute approximate surface area is 112 Å². The van der Waals surface area contributed by atoms with Crippen molar-refractivity contribution in [3.63, 3.8) is 0 Å². The Kier molecular flexibility index (Phi) is 2.73. The molecule has 4 nitrogen and oxygen atoms in total. The van der Waals surface area contributed by atoms with E-state index in [-0.39, 0.29) is 0 Å². The topological polar surface area (TPSA) is 65.1 Å². The lowest BCUT2D eigenvalue weighted by atomic mass is 10.1. The number of nitriles is 1. The second kappa shape index (κ2) is 4.54. The Morgan fingerprint density at radius 2 is 2.11 bits per heavy atom. The zero-order valence-corrected chi connectivity index (χ0v) is 10.4. The summed E-state index contributed by atoms with van der Waals surface area (Å²) in [5.41, 5.74) is 10.4. The predicted octanol–water partition coefficient (Wildman–Crippen LogP) is 2.70. The molecule has 0 aliphatic carbocycles. The quantitative estimate of drug-likeness (QED) is 0.764. The number of anilines is 4. The van der Waals surface area contributed by atoms with Crippen LogP contribution >= 0.6 is 0 Å². The van der Waals surface area contributed by atoms with Crippen LogP contribution in [0.15, 0.2) is 42.5 Å². The normalized spacial score (nSPS) is 13.3. The molecule has 0 saturated heterocycles. The first-order chi connectivity index (χ1) is 9.28. The van der Waals surface area contributed by atoms with E-state index in [1.165, 1.54) is 0 Å². The first kappa shape index (κ1) is 11.4. The summed E-state index contributed by atoms with van der Waals surface area (Å²) < 4.78 is 0. The molecule has 2 aromatic carbocycles. The van der Waals surface area contributed by atoms with Gasteiger partial charge in [0.15, 0.2) is 0 Å². The van der Waals surface area contributed by atoms with Gasteiger partial charge in [0.05, 0.1) is 23.0 Å². The van der Waals surface area contributed by atoms with Crippen molar-refractivity contribution in [2.24, 2.45) is 0 Å². The lowest BCUT2D eigenvalue weighted by Gasteiger charge is -2.32. The number of nitrogens with zero attached hydrogens (tertiary/aromatic N) is 2. The summed E-state index contributed by atoms with van der Waals surface area (Å²) >= 11 is 0. The maximum Gasteiger partial charge on any atom is 0.0992 e. The Bertz CT molecular complexity index is 657. The molecular formula is C15H14N4. The van der Waals surface area contributed by atoms with E-state index in [4.69, 9.17) is 11.0 Å². The molecule has 2 aromatic rings. The largest absolute Gasteiger partial charge is 0.399 e. The number of hydrogen-bond acceptors (Lipinski definition) is 4. The monoisotopic (exact) mass is 250 g/mol. The summed E-state index contributed by atoms with van der Waals surface area (Å²) in [6, 6.07) is 15.7. The van der Waals surface area contributed by atoms with Crippen LogP contribution in [-0.4, -0.2) is 13.1 Å². The van der Waals surface area contributed by atoms with Crippen LogP contribution in [0.5, 0.6) is 0 Å². The SMILES string of the molecule is N#Cc1ccc2c(c1)N(c1cccc(N)c1)CCN2. The average Bonchev–Trinajstić information content (AvgIpc) is 2.46. The highest BCUT2D eigenvalue weighted by Crippen LogP contribution is 2.35. The van der Waals surface area contributed by atoms with Crippen molar-refractivity contribution in [2.75, 3.05) is 29.0 Å². The van der Waals surface area contributed by atoms with Gasteiger partial charge in [-0.1, -0.05) is 6.07 Å². The molecule has 0 aromatic heterocycles. The molecule has 19 heavy (non-hydrogen) atoms. The number of fused-ring (bicyclic) bond motifs is 1. The molecule has 4 heteroatoms. The van der Waals surface area contributed by atoms with Crippen molar-refractivity contribution in [3.8, 4) is 6.07 Å². The first-order valence-electron chi connectivity index (χ1n) is 6.19. The molecule has 0 unspecified atom stereocenters. The fourth-order valence-corrected chi connectivity index (χ4v) is 2.36. The number of rotatable bonds is 1. The standard InChI is InChI=1S/C15H14N4/c16-10-11-4-5-14-15(8-11)19(7-6-18-14)13-3-1-2-12(17)9-13/h1-5,8-9,18H,6-7,17H2. The molecular weight excluding hydrogens is 236 g/mol. The highest BCUT2D eigenvalue weighted by Gasteiger charge is 2.18. The van der Waals surface area contributed by atoms with Crippen LogP contribution in [0.2, 0.25) is 0 Å². The maximum atomic E-state index is 9.03. The smallest absolute Gasteiger partial charge is 0.0992 e. The fourth-order valence-electron chi connectivity index (χ4n) is 2.36. The Morgan fingerprint density at radius 1 is 1.21 bits per heavy atom. The lowest BCUT2D eigenvalue weighted by molar-refractivity contribution is 0.926. The molecule has 0 bridgehead atoms. The van der Waals surface area contributed by atoms with Gasteiger partial charge in [0.25, 0.3) is 0 Å². The van der Waals surface area contributed by atoms with Crippen molar-refractivity contribution >= 4 is 22.7 Å². The van der Waals surface area contributed by atoms with Crippen LogP contribution in [0, 0.1) is 11.3 Å². The van der Waals surface area contributed by atoms with Gasteiger partial charge in [0.1, 0.15) is 0 Å². The minimum absolute atomic E-state index is 0.663. The van der Waals surface area contributed by atoms with E-state index in [9.17, 15) is 0 Å².